The summed E-state index contributed by atoms with van der Waals surface area (Å²) in [4.78, 5) is 27.5. The number of hydrogen-bond donors (Lipinski definition) is 1. The Morgan fingerprint density at radius 3 is 2.91 bits per heavy atom. The molecule has 22 heavy (non-hydrogen) atoms. The van der Waals surface area contributed by atoms with Gasteiger partial charge < -0.3 is 10.1 Å². The molecule has 6 heteroatoms. The molecule has 1 aromatic heterocycles. The number of anilines is 1. The number of benzene rings is 1. The van der Waals surface area contributed by atoms with Crippen LogP contribution in [0.4, 0.5) is 5.13 Å². The van der Waals surface area contributed by atoms with Gasteiger partial charge in [-0.15, -0.1) is 11.3 Å². The minimum Gasteiger partial charge on any atom is -0.461 e. The fourth-order valence-corrected chi connectivity index (χ4v) is 2.63. The number of rotatable bonds is 6. The zero-order valence-electron chi connectivity index (χ0n) is 12.6. The van der Waals surface area contributed by atoms with E-state index < -0.39 is 5.97 Å². The van der Waals surface area contributed by atoms with Crippen LogP contribution in [-0.2, 0) is 16.0 Å². The van der Waals surface area contributed by atoms with Crippen molar-refractivity contribution in [2.75, 3.05) is 11.9 Å². The maximum atomic E-state index is 11.9. The molecular formula is C16H18N2O3S. The second-order valence-corrected chi connectivity index (χ2v) is 5.65. The number of ether oxygens (including phenoxy) is 1. The monoisotopic (exact) mass is 318 g/mol. The number of carbonyl (C=O) groups excluding carboxylic acids is 2. The molecule has 0 atom stereocenters. The smallest absolute Gasteiger partial charge is 0.357 e. The molecule has 1 heterocycles. The van der Waals surface area contributed by atoms with Crippen LogP contribution in [0.5, 0.6) is 0 Å². The van der Waals surface area contributed by atoms with Gasteiger partial charge in [0.2, 0.25) is 5.91 Å². The number of amides is 1. The summed E-state index contributed by atoms with van der Waals surface area (Å²) in [6, 6.07) is 8.07. The lowest BCUT2D eigenvalue weighted by Crippen LogP contribution is -2.12. The summed E-state index contributed by atoms with van der Waals surface area (Å²) in [6.07, 6.45) is 1.04. The predicted molar refractivity (Wildman–Crippen MR) is 86.2 cm³/mol. The molecule has 0 bridgehead atoms. The molecule has 2 rings (SSSR count). The van der Waals surface area contributed by atoms with Gasteiger partial charge >= 0.3 is 5.97 Å². The molecule has 1 N–H and O–H groups in total. The molecule has 1 aromatic carbocycles. The van der Waals surface area contributed by atoms with Crippen molar-refractivity contribution in [1.29, 1.82) is 0 Å². The highest BCUT2D eigenvalue weighted by Gasteiger charge is 2.13. The van der Waals surface area contributed by atoms with E-state index >= 15 is 0 Å². The average Bonchev–Trinajstić information content (AvgIpc) is 2.94. The molecule has 0 radical (unpaired) electrons. The summed E-state index contributed by atoms with van der Waals surface area (Å²) in [7, 11) is 0. The number of thiazole rings is 1. The third-order valence-electron chi connectivity index (χ3n) is 2.96. The van der Waals surface area contributed by atoms with E-state index in [1.807, 2.05) is 25.1 Å². The third-order valence-corrected chi connectivity index (χ3v) is 3.72. The lowest BCUT2D eigenvalue weighted by molar-refractivity contribution is -0.116. The average molecular weight is 318 g/mol. The molecule has 1 amide bonds. The topological polar surface area (TPSA) is 68.3 Å². The van der Waals surface area contributed by atoms with Crippen molar-refractivity contribution >= 4 is 28.3 Å². The summed E-state index contributed by atoms with van der Waals surface area (Å²) in [5, 5.41) is 4.70. The van der Waals surface area contributed by atoms with E-state index in [-0.39, 0.29) is 11.6 Å². The predicted octanol–water partition coefficient (Wildman–Crippen LogP) is 3.20. The number of aromatic nitrogens is 1. The Balaban J connectivity index is 1.86. The lowest BCUT2D eigenvalue weighted by Gasteiger charge is -2.03. The fraction of sp³-hybridized carbons (Fsp3) is 0.312. The van der Waals surface area contributed by atoms with Crippen molar-refractivity contribution < 1.29 is 14.3 Å². The Morgan fingerprint density at radius 1 is 1.36 bits per heavy atom. The van der Waals surface area contributed by atoms with Gasteiger partial charge in [-0.2, -0.15) is 0 Å². The highest BCUT2D eigenvalue weighted by molar-refractivity contribution is 7.14. The van der Waals surface area contributed by atoms with Crippen molar-refractivity contribution in [3.8, 4) is 0 Å². The van der Waals surface area contributed by atoms with Gasteiger partial charge in [0.15, 0.2) is 10.8 Å². The van der Waals surface area contributed by atoms with E-state index in [0.717, 1.165) is 5.56 Å². The second kappa shape index (κ2) is 7.70. The van der Waals surface area contributed by atoms with Crippen LogP contribution in [0.2, 0.25) is 0 Å². The van der Waals surface area contributed by atoms with Crippen LogP contribution < -0.4 is 5.32 Å². The van der Waals surface area contributed by atoms with Gasteiger partial charge in [0, 0.05) is 11.8 Å². The third kappa shape index (κ3) is 4.66. The largest absolute Gasteiger partial charge is 0.461 e. The molecule has 0 saturated carbocycles. The van der Waals surface area contributed by atoms with Crippen LogP contribution in [0.1, 0.15) is 35.0 Å². The summed E-state index contributed by atoms with van der Waals surface area (Å²) >= 11 is 1.21. The highest BCUT2D eigenvalue weighted by atomic mass is 32.1. The second-order valence-electron chi connectivity index (χ2n) is 4.80. The van der Waals surface area contributed by atoms with Crippen LogP contribution >= 0.6 is 11.3 Å². The molecule has 0 aliphatic carbocycles. The van der Waals surface area contributed by atoms with E-state index in [4.69, 9.17) is 4.74 Å². The highest BCUT2D eigenvalue weighted by Crippen LogP contribution is 2.17. The number of carbonyl (C=O) groups is 2. The van der Waals surface area contributed by atoms with Gasteiger partial charge in [-0.3, -0.25) is 4.79 Å². The zero-order valence-corrected chi connectivity index (χ0v) is 13.4. The normalized spacial score (nSPS) is 10.3. The van der Waals surface area contributed by atoms with Crippen LogP contribution in [-0.4, -0.2) is 23.5 Å². The standard InChI is InChI=1S/C16H18N2O3S/c1-3-21-15(20)13-10-22-16(17-13)18-14(19)8-7-12-6-4-5-11(2)9-12/h4-6,9-10H,3,7-8H2,1-2H3,(H,17,18,19). The van der Waals surface area contributed by atoms with Gasteiger partial charge in [0.1, 0.15) is 0 Å². The SMILES string of the molecule is CCOC(=O)c1csc(NC(=O)CCc2cccc(C)c2)n1. The summed E-state index contributed by atoms with van der Waals surface area (Å²) < 4.78 is 4.86. The zero-order chi connectivity index (χ0) is 15.9. The van der Waals surface area contributed by atoms with Crippen LogP contribution in [0.3, 0.4) is 0 Å². The van der Waals surface area contributed by atoms with E-state index in [2.05, 4.69) is 16.4 Å². The Hall–Kier alpha value is -2.21. The number of hydrogen-bond acceptors (Lipinski definition) is 5. The lowest BCUT2D eigenvalue weighted by atomic mass is 10.1. The summed E-state index contributed by atoms with van der Waals surface area (Å²) in [5.41, 5.74) is 2.53. The van der Waals surface area contributed by atoms with Crippen LogP contribution in [0, 0.1) is 6.92 Å². The minimum absolute atomic E-state index is 0.119. The Morgan fingerprint density at radius 2 is 2.18 bits per heavy atom. The number of aryl methyl sites for hydroxylation is 2. The maximum absolute atomic E-state index is 11.9. The summed E-state index contributed by atoms with van der Waals surface area (Å²) in [5.74, 6) is -0.592. The molecule has 0 aliphatic heterocycles. The molecule has 0 aliphatic rings. The van der Waals surface area contributed by atoms with Gasteiger partial charge in [-0.1, -0.05) is 29.8 Å². The molecule has 2 aromatic rings. The van der Waals surface area contributed by atoms with E-state index in [1.54, 1.807) is 12.3 Å². The van der Waals surface area contributed by atoms with E-state index in [9.17, 15) is 9.59 Å². The first-order valence-corrected chi connectivity index (χ1v) is 7.94. The van der Waals surface area contributed by atoms with E-state index in [1.165, 1.54) is 16.9 Å². The molecule has 0 saturated heterocycles. The van der Waals surface area contributed by atoms with Gasteiger partial charge in [0.25, 0.3) is 0 Å². The first-order chi connectivity index (χ1) is 10.6. The van der Waals surface area contributed by atoms with Crippen molar-refractivity contribution in [1.82, 2.24) is 4.98 Å². The molecule has 0 spiro atoms. The van der Waals surface area contributed by atoms with Crippen LogP contribution in [0.15, 0.2) is 29.6 Å². The first kappa shape index (κ1) is 16.2. The molecule has 0 unspecified atom stereocenters. The fourth-order valence-electron chi connectivity index (χ4n) is 1.94. The molecular weight excluding hydrogens is 300 g/mol. The van der Waals surface area contributed by atoms with Gasteiger partial charge in [0.05, 0.1) is 6.61 Å². The molecule has 116 valence electrons. The number of nitrogens with zero attached hydrogens (tertiary/aromatic N) is 1. The maximum Gasteiger partial charge on any atom is 0.357 e. The van der Waals surface area contributed by atoms with Crippen molar-refractivity contribution in [2.24, 2.45) is 0 Å². The Labute approximate surface area is 133 Å². The minimum atomic E-state index is -0.473. The quantitative estimate of drug-likeness (QED) is 0.831. The van der Waals surface area contributed by atoms with Crippen molar-refractivity contribution in [2.45, 2.75) is 26.7 Å². The van der Waals surface area contributed by atoms with Gasteiger partial charge in [-0.25, -0.2) is 9.78 Å². The number of nitrogens with one attached hydrogen (secondary N) is 1. The number of esters is 1. The van der Waals surface area contributed by atoms with Crippen molar-refractivity contribution in [3.05, 3.63) is 46.5 Å². The Kier molecular flexibility index (Phi) is 5.66. The summed E-state index contributed by atoms with van der Waals surface area (Å²) in [6.45, 7) is 4.06. The Bertz CT molecular complexity index is 667. The molecule has 0 fully saturated rings. The van der Waals surface area contributed by atoms with E-state index in [0.29, 0.717) is 24.6 Å². The molecule has 5 nitrogen and oxygen atoms in total. The first-order valence-electron chi connectivity index (χ1n) is 7.06. The van der Waals surface area contributed by atoms with Crippen molar-refractivity contribution in [3.63, 3.8) is 0 Å². The van der Waals surface area contributed by atoms with Crippen LogP contribution in [0.25, 0.3) is 0 Å². The van der Waals surface area contributed by atoms with Gasteiger partial charge in [-0.05, 0) is 25.8 Å².